The predicted octanol–water partition coefficient (Wildman–Crippen LogP) is 3.59. The lowest BCUT2D eigenvalue weighted by molar-refractivity contribution is 0.0945. The Hall–Kier alpha value is -2.78. The molecule has 134 valence electrons. The summed E-state index contributed by atoms with van der Waals surface area (Å²) in [5, 5.41) is 13.0. The second-order valence-corrected chi connectivity index (χ2v) is 6.57. The van der Waals surface area contributed by atoms with Gasteiger partial charge >= 0.3 is 0 Å². The molecule has 26 heavy (non-hydrogen) atoms. The van der Waals surface area contributed by atoms with E-state index in [0.717, 1.165) is 4.88 Å². The van der Waals surface area contributed by atoms with E-state index in [2.05, 4.69) is 20.8 Å². The van der Waals surface area contributed by atoms with Gasteiger partial charge in [0.25, 0.3) is 11.8 Å². The SMILES string of the molecule is O=C(NCc1cccs1)c1cc(NC(=O)c2cc(F)c(F)cc2Cl)[nH]n1. The van der Waals surface area contributed by atoms with Gasteiger partial charge in [-0.25, -0.2) is 8.78 Å². The quantitative estimate of drug-likeness (QED) is 0.576. The lowest BCUT2D eigenvalue weighted by Gasteiger charge is -2.05. The summed E-state index contributed by atoms with van der Waals surface area (Å²) in [6.07, 6.45) is 0. The number of rotatable bonds is 5. The molecule has 0 spiro atoms. The fourth-order valence-corrected chi connectivity index (χ4v) is 2.94. The van der Waals surface area contributed by atoms with Crippen molar-refractivity contribution in [2.45, 2.75) is 6.54 Å². The van der Waals surface area contributed by atoms with Gasteiger partial charge in [0.15, 0.2) is 17.3 Å². The molecule has 2 amide bonds. The highest BCUT2D eigenvalue weighted by Gasteiger charge is 2.17. The molecule has 0 radical (unpaired) electrons. The summed E-state index contributed by atoms with van der Waals surface area (Å²) in [7, 11) is 0. The fraction of sp³-hybridized carbons (Fsp3) is 0.0625. The van der Waals surface area contributed by atoms with Gasteiger partial charge in [0.05, 0.1) is 17.1 Å². The highest BCUT2D eigenvalue weighted by Crippen LogP contribution is 2.21. The molecule has 0 atom stereocenters. The molecule has 3 N–H and O–H groups in total. The van der Waals surface area contributed by atoms with E-state index in [1.807, 2.05) is 17.5 Å². The van der Waals surface area contributed by atoms with E-state index in [0.29, 0.717) is 18.7 Å². The number of aromatic amines is 1. The molecule has 0 saturated carbocycles. The number of nitrogens with one attached hydrogen (secondary N) is 3. The summed E-state index contributed by atoms with van der Waals surface area (Å²) in [5.74, 6) is -3.45. The van der Waals surface area contributed by atoms with E-state index in [9.17, 15) is 18.4 Å². The Labute approximate surface area is 155 Å². The molecule has 1 aromatic carbocycles. The molecule has 0 unspecified atom stereocenters. The number of aromatic nitrogens is 2. The Bertz CT molecular complexity index is 959. The van der Waals surface area contributed by atoms with Gasteiger partial charge in [-0.15, -0.1) is 11.3 Å². The molecule has 0 aliphatic carbocycles. The van der Waals surface area contributed by atoms with E-state index in [4.69, 9.17) is 11.6 Å². The monoisotopic (exact) mass is 396 g/mol. The lowest BCUT2D eigenvalue weighted by atomic mass is 10.2. The molecule has 6 nitrogen and oxygen atoms in total. The van der Waals surface area contributed by atoms with Gasteiger partial charge in [-0.2, -0.15) is 5.10 Å². The molecular formula is C16H11ClF2N4O2S. The molecule has 2 heterocycles. The van der Waals surface area contributed by atoms with Crippen molar-refractivity contribution in [3.8, 4) is 0 Å². The second kappa shape index (κ2) is 7.63. The summed E-state index contributed by atoms with van der Waals surface area (Å²) in [6, 6.07) is 6.47. The van der Waals surface area contributed by atoms with Crippen molar-refractivity contribution in [2.75, 3.05) is 5.32 Å². The molecule has 10 heteroatoms. The first kappa shape index (κ1) is 18.0. The third-order valence-corrected chi connectivity index (χ3v) is 4.51. The van der Waals surface area contributed by atoms with Gasteiger partial charge in [0.2, 0.25) is 0 Å². The maximum atomic E-state index is 13.3. The van der Waals surface area contributed by atoms with Crippen LogP contribution < -0.4 is 10.6 Å². The van der Waals surface area contributed by atoms with Crippen LogP contribution in [-0.4, -0.2) is 22.0 Å². The second-order valence-electron chi connectivity index (χ2n) is 5.13. The summed E-state index contributed by atoms with van der Waals surface area (Å²) >= 11 is 7.26. The number of carbonyl (C=O) groups is 2. The number of carbonyl (C=O) groups excluding carboxylic acids is 2. The van der Waals surface area contributed by atoms with Crippen LogP contribution in [0.5, 0.6) is 0 Å². The third kappa shape index (κ3) is 4.06. The molecule has 2 aromatic heterocycles. The van der Waals surface area contributed by atoms with Crippen LogP contribution in [0.15, 0.2) is 35.7 Å². The van der Waals surface area contributed by atoms with Gasteiger partial charge in [-0.05, 0) is 23.6 Å². The minimum absolute atomic E-state index is 0.0632. The Balaban J connectivity index is 1.65. The first-order valence-electron chi connectivity index (χ1n) is 7.26. The van der Waals surface area contributed by atoms with Gasteiger partial charge in [0.1, 0.15) is 5.82 Å². The molecule has 0 aliphatic heterocycles. The Morgan fingerprint density at radius 2 is 1.96 bits per heavy atom. The third-order valence-electron chi connectivity index (χ3n) is 3.32. The topological polar surface area (TPSA) is 86.9 Å². The van der Waals surface area contributed by atoms with E-state index < -0.39 is 23.4 Å². The molecule has 0 aliphatic rings. The van der Waals surface area contributed by atoms with Crippen LogP contribution >= 0.6 is 22.9 Å². The van der Waals surface area contributed by atoms with E-state index in [1.54, 1.807) is 0 Å². The molecule has 0 saturated heterocycles. The number of halogens is 3. The Morgan fingerprint density at radius 3 is 2.69 bits per heavy atom. The van der Waals surface area contributed by atoms with Crippen molar-refractivity contribution in [1.82, 2.24) is 15.5 Å². The summed E-state index contributed by atoms with van der Waals surface area (Å²) in [5.41, 5.74) is -0.183. The number of anilines is 1. The molecule has 0 fully saturated rings. The number of benzene rings is 1. The van der Waals surface area contributed by atoms with Crippen LogP contribution in [0.1, 0.15) is 25.7 Å². The average molecular weight is 397 g/mol. The van der Waals surface area contributed by atoms with Gasteiger partial charge < -0.3 is 10.6 Å². The van der Waals surface area contributed by atoms with Crippen LogP contribution in [-0.2, 0) is 6.54 Å². The van der Waals surface area contributed by atoms with Crippen LogP contribution in [0.4, 0.5) is 14.6 Å². The average Bonchev–Trinajstić information content (AvgIpc) is 3.27. The summed E-state index contributed by atoms with van der Waals surface area (Å²) in [6.45, 7) is 0.357. The zero-order valence-corrected chi connectivity index (χ0v) is 14.5. The number of amides is 2. The minimum atomic E-state index is -1.20. The maximum absolute atomic E-state index is 13.3. The van der Waals surface area contributed by atoms with Crippen molar-refractivity contribution in [2.24, 2.45) is 0 Å². The number of hydrogen-bond acceptors (Lipinski definition) is 4. The van der Waals surface area contributed by atoms with Crippen LogP contribution in [0, 0.1) is 11.6 Å². The van der Waals surface area contributed by atoms with Crippen LogP contribution in [0.3, 0.4) is 0 Å². The number of hydrogen-bond donors (Lipinski definition) is 3. The highest BCUT2D eigenvalue weighted by molar-refractivity contribution is 7.09. The molecule has 0 bridgehead atoms. The molecular weight excluding hydrogens is 386 g/mol. The van der Waals surface area contributed by atoms with Crippen molar-refractivity contribution < 1.29 is 18.4 Å². The highest BCUT2D eigenvalue weighted by atomic mass is 35.5. The number of nitrogens with zero attached hydrogens (tertiary/aromatic N) is 1. The smallest absolute Gasteiger partial charge is 0.272 e. The standard InChI is InChI=1S/C16H11ClF2N4O2S/c17-10-5-12(19)11(18)4-9(10)15(24)21-14-6-13(22-23-14)16(25)20-7-8-2-1-3-26-8/h1-6H,7H2,(H,20,25)(H2,21,22,23,24). The van der Waals surface area contributed by atoms with E-state index >= 15 is 0 Å². The Morgan fingerprint density at radius 1 is 1.19 bits per heavy atom. The first-order valence-corrected chi connectivity index (χ1v) is 8.51. The van der Waals surface area contributed by atoms with E-state index in [1.165, 1.54) is 17.4 Å². The van der Waals surface area contributed by atoms with Crippen molar-refractivity contribution in [3.05, 3.63) is 68.5 Å². The first-order chi connectivity index (χ1) is 12.4. The summed E-state index contributed by atoms with van der Waals surface area (Å²) < 4.78 is 26.3. The van der Waals surface area contributed by atoms with Gasteiger partial charge in [-0.3, -0.25) is 14.7 Å². The van der Waals surface area contributed by atoms with Crippen LogP contribution in [0.2, 0.25) is 5.02 Å². The Kier molecular flexibility index (Phi) is 5.29. The molecule has 3 aromatic rings. The van der Waals surface area contributed by atoms with Crippen LogP contribution in [0.25, 0.3) is 0 Å². The van der Waals surface area contributed by atoms with Crippen molar-refractivity contribution in [3.63, 3.8) is 0 Å². The minimum Gasteiger partial charge on any atom is -0.346 e. The normalized spacial score (nSPS) is 10.6. The zero-order chi connectivity index (χ0) is 18.7. The van der Waals surface area contributed by atoms with Gasteiger partial charge in [-0.1, -0.05) is 17.7 Å². The predicted molar refractivity (Wildman–Crippen MR) is 93.4 cm³/mol. The zero-order valence-electron chi connectivity index (χ0n) is 13.0. The largest absolute Gasteiger partial charge is 0.346 e. The number of thiophene rings is 1. The van der Waals surface area contributed by atoms with Crippen molar-refractivity contribution in [1.29, 1.82) is 0 Å². The fourth-order valence-electron chi connectivity index (χ4n) is 2.06. The molecule has 3 rings (SSSR count). The summed E-state index contributed by atoms with van der Waals surface area (Å²) in [4.78, 5) is 25.1. The van der Waals surface area contributed by atoms with Gasteiger partial charge in [0, 0.05) is 10.9 Å². The lowest BCUT2D eigenvalue weighted by Crippen LogP contribution is -2.22. The van der Waals surface area contributed by atoms with Crippen molar-refractivity contribution >= 4 is 40.6 Å². The number of H-pyrrole nitrogens is 1. The van der Waals surface area contributed by atoms with E-state index in [-0.39, 0.29) is 22.1 Å². The maximum Gasteiger partial charge on any atom is 0.272 e.